The molecule has 0 aliphatic heterocycles. The fourth-order valence-corrected chi connectivity index (χ4v) is 3.26. The van der Waals surface area contributed by atoms with Crippen molar-refractivity contribution in [2.24, 2.45) is 0 Å². The van der Waals surface area contributed by atoms with Gasteiger partial charge in [0.25, 0.3) is 0 Å². The molecule has 2 N–H and O–H groups in total. The van der Waals surface area contributed by atoms with Crippen molar-refractivity contribution in [2.45, 2.75) is 0 Å². The molecule has 0 saturated heterocycles. The number of nitrogens with zero attached hydrogens (tertiary/aromatic N) is 1. The average molecular weight is 502 g/mol. The van der Waals surface area contributed by atoms with Crippen molar-refractivity contribution in [3.8, 4) is 17.0 Å². The van der Waals surface area contributed by atoms with Crippen molar-refractivity contribution in [3.63, 3.8) is 0 Å². The summed E-state index contributed by atoms with van der Waals surface area (Å²) in [6.07, 6.45) is 0. The Morgan fingerprint density at radius 2 is 1.17 bits per heavy atom. The lowest BCUT2D eigenvalue weighted by atomic mass is 10.1. The Bertz CT molecular complexity index is 1010. The van der Waals surface area contributed by atoms with Crippen LogP contribution < -0.4 is 10.5 Å². The van der Waals surface area contributed by atoms with E-state index in [-0.39, 0.29) is 6.61 Å². The average Bonchev–Trinajstić information content (AvgIpc) is 2.90. The first kappa shape index (κ1) is 27.8. The van der Waals surface area contributed by atoms with Gasteiger partial charge in [0.05, 0.1) is 77.3 Å². The predicted octanol–water partition coefficient (Wildman–Crippen LogP) is 3.92. The van der Waals surface area contributed by atoms with Crippen LogP contribution in [0.5, 0.6) is 5.75 Å². The van der Waals surface area contributed by atoms with Crippen LogP contribution in [0.3, 0.4) is 0 Å². The van der Waals surface area contributed by atoms with Crippen molar-refractivity contribution in [2.75, 3.05) is 85.1 Å². The molecule has 2 aromatic carbocycles. The van der Waals surface area contributed by atoms with E-state index in [1.165, 1.54) is 0 Å². The molecule has 3 rings (SSSR count). The Hall–Kier alpha value is -2.82. The monoisotopic (exact) mass is 501 g/mol. The topological polar surface area (TPSA) is 94.3 Å². The molecule has 0 aliphatic carbocycles. The van der Waals surface area contributed by atoms with Gasteiger partial charge in [0.1, 0.15) is 19.0 Å². The highest BCUT2D eigenvalue weighted by Gasteiger charge is 2.04. The van der Waals surface area contributed by atoms with Crippen LogP contribution in [-0.4, -0.2) is 84.3 Å². The summed E-state index contributed by atoms with van der Waals surface area (Å²) >= 11 is 0. The molecule has 1 aromatic heterocycles. The number of benzene rings is 2. The summed E-state index contributed by atoms with van der Waals surface area (Å²) in [7, 11) is 0. The number of hydrogen-bond acceptors (Lipinski definition) is 8. The number of aromatic nitrogens is 1. The van der Waals surface area contributed by atoms with E-state index in [4.69, 9.17) is 39.1 Å². The van der Waals surface area contributed by atoms with Gasteiger partial charge in [0.2, 0.25) is 0 Å². The predicted molar refractivity (Wildman–Crippen MR) is 137 cm³/mol. The van der Waals surface area contributed by atoms with E-state index in [0.29, 0.717) is 66.1 Å². The first-order valence-corrected chi connectivity index (χ1v) is 12.1. The van der Waals surface area contributed by atoms with E-state index in [1.807, 2.05) is 54.6 Å². The lowest BCUT2D eigenvalue weighted by Gasteiger charge is -2.09. The number of anilines is 1. The highest BCUT2D eigenvalue weighted by Crippen LogP contribution is 2.24. The van der Waals surface area contributed by atoms with E-state index in [2.05, 4.69) is 0 Å². The SMILES string of the molecule is Nc1ccc(-c2ccc3cc(OCCOCCOCCOCCOCCOCC[18F])ccc3n2)cc1. The summed E-state index contributed by atoms with van der Waals surface area (Å²) in [5.41, 5.74) is 9.33. The summed E-state index contributed by atoms with van der Waals surface area (Å²) in [5, 5.41) is 1.01. The zero-order valence-corrected chi connectivity index (χ0v) is 20.5. The second-order valence-corrected chi connectivity index (χ2v) is 7.77. The molecule has 0 amide bonds. The quantitative estimate of drug-likeness (QED) is 0.195. The molecule has 0 fully saturated rings. The fourth-order valence-electron chi connectivity index (χ4n) is 3.26. The summed E-state index contributed by atoms with van der Waals surface area (Å²) in [4.78, 5) is 4.73. The van der Waals surface area contributed by atoms with E-state index in [9.17, 15) is 4.39 Å². The van der Waals surface area contributed by atoms with Crippen molar-refractivity contribution < 1.29 is 32.8 Å². The Morgan fingerprint density at radius 1 is 0.611 bits per heavy atom. The lowest BCUT2D eigenvalue weighted by Crippen LogP contribution is -2.14. The van der Waals surface area contributed by atoms with Gasteiger partial charge in [-0.05, 0) is 36.4 Å². The number of fused-ring (bicyclic) bond motifs is 1. The van der Waals surface area contributed by atoms with Crippen molar-refractivity contribution in [1.82, 2.24) is 4.98 Å². The van der Waals surface area contributed by atoms with Crippen LogP contribution in [0.15, 0.2) is 54.6 Å². The third-order valence-corrected chi connectivity index (χ3v) is 5.07. The maximum atomic E-state index is 11.8. The maximum Gasteiger partial charge on any atom is 0.120 e. The van der Waals surface area contributed by atoms with Gasteiger partial charge in [-0.2, -0.15) is 0 Å². The highest BCUT2D eigenvalue weighted by molar-refractivity contribution is 5.83. The van der Waals surface area contributed by atoms with Gasteiger partial charge in [-0.25, -0.2) is 9.37 Å². The van der Waals surface area contributed by atoms with Crippen LogP contribution in [0.2, 0.25) is 0 Å². The normalized spacial score (nSPS) is 11.2. The molecule has 36 heavy (non-hydrogen) atoms. The molecule has 0 spiro atoms. The van der Waals surface area contributed by atoms with Crippen LogP contribution in [0.25, 0.3) is 22.2 Å². The van der Waals surface area contributed by atoms with E-state index in [1.54, 1.807) is 0 Å². The second-order valence-electron chi connectivity index (χ2n) is 7.77. The smallest absolute Gasteiger partial charge is 0.120 e. The fraction of sp³-hybridized carbons (Fsp3) is 0.444. The molecule has 196 valence electrons. The highest BCUT2D eigenvalue weighted by atomic mass is 18.2. The lowest BCUT2D eigenvalue weighted by molar-refractivity contribution is -0.0133. The number of nitrogens with two attached hydrogens (primary N) is 1. The Labute approximate surface area is 211 Å². The van der Waals surface area contributed by atoms with Gasteiger partial charge in [0.15, 0.2) is 0 Å². The van der Waals surface area contributed by atoms with Crippen LogP contribution in [-0.2, 0) is 23.7 Å². The number of hydrogen-bond donors (Lipinski definition) is 1. The molecule has 0 saturated carbocycles. The van der Waals surface area contributed by atoms with Gasteiger partial charge in [-0.3, -0.25) is 0 Å². The van der Waals surface area contributed by atoms with Crippen LogP contribution in [0, 0.1) is 0 Å². The summed E-state index contributed by atoms with van der Waals surface area (Å²) in [5.74, 6) is 0.776. The van der Waals surface area contributed by atoms with Crippen LogP contribution in [0.4, 0.5) is 10.1 Å². The molecule has 9 heteroatoms. The van der Waals surface area contributed by atoms with Gasteiger partial charge >= 0.3 is 0 Å². The number of halogens is 1. The first-order valence-electron chi connectivity index (χ1n) is 12.1. The zero-order chi connectivity index (χ0) is 25.3. The number of nitrogen functional groups attached to an aromatic ring is 1. The number of alkyl halides is 1. The largest absolute Gasteiger partial charge is 0.491 e. The van der Waals surface area contributed by atoms with Crippen LogP contribution in [0.1, 0.15) is 0 Å². The van der Waals surface area contributed by atoms with Gasteiger partial charge in [-0.1, -0.05) is 18.2 Å². The molecule has 0 radical (unpaired) electrons. The molecule has 0 aliphatic rings. The number of pyridine rings is 1. The second kappa shape index (κ2) is 16.8. The Balaban J connectivity index is 1.19. The summed E-state index contributed by atoms with van der Waals surface area (Å²) < 4.78 is 44.3. The minimum absolute atomic E-state index is 0.115. The molecule has 0 atom stereocenters. The summed E-state index contributed by atoms with van der Waals surface area (Å²) in [6, 6.07) is 17.6. The van der Waals surface area contributed by atoms with Gasteiger partial charge in [-0.15, -0.1) is 0 Å². The van der Waals surface area contributed by atoms with Crippen LogP contribution >= 0.6 is 0 Å². The summed E-state index contributed by atoms with van der Waals surface area (Å²) in [6.45, 7) is 4.30. The van der Waals surface area contributed by atoms with Crippen molar-refractivity contribution >= 4 is 16.6 Å². The zero-order valence-electron chi connectivity index (χ0n) is 20.5. The molecule has 8 nitrogen and oxygen atoms in total. The third-order valence-electron chi connectivity index (χ3n) is 5.07. The first-order chi connectivity index (χ1) is 17.8. The third kappa shape index (κ3) is 10.4. The minimum atomic E-state index is -0.473. The standard InChI is InChI=1S/C27H35FN2O6/c28-9-10-31-11-12-32-13-14-33-15-16-34-17-18-35-19-20-36-25-6-8-27-23(21-25)3-7-26(30-27)22-1-4-24(29)5-2-22/h1-8,21H,9-20,29H2/i28-1. The van der Waals surface area contributed by atoms with E-state index < -0.39 is 6.67 Å². The van der Waals surface area contributed by atoms with Gasteiger partial charge in [0, 0.05) is 16.6 Å². The molecular formula is C27H35FN2O6. The van der Waals surface area contributed by atoms with Crippen molar-refractivity contribution in [3.05, 3.63) is 54.6 Å². The number of rotatable bonds is 19. The molecular weight excluding hydrogens is 466 g/mol. The molecule has 3 aromatic rings. The molecule has 0 unspecified atom stereocenters. The maximum absolute atomic E-state index is 11.8. The van der Waals surface area contributed by atoms with E-state index in [0.717, 1.165) is 33.6 Å². The minimum Gasteiger partial charge on any atom is -0.491 e. The van der Waals surface area contributed by atoms with E-state index >= 15 is 0 Å². The van der Waals surface area contributed by atoms with Gasteiger partial charge < -0.3 is 34.2 Å². The molecule has 1 heterocycles. The Kier molecular flexibility index (Phi) is 12.9. The number of ether oxygens (including phenoxy) is 6. The molecule has 0 bridgehead atoms. The van der Waals surface area contributed by atoms with Crippen molar-refractivity contribution in [1.29, 1.82) is 0 Å². The Morgan fingerprint density at radius 3 is 1.75 bits per heavy atom.